The molecule has 2 unspecified atom stereocenters. The van der Waals surface area contributed by atoms with Gasteiger partial charge in [-0.1, -0.05) is 25.0 Å². The van der Waals surface area contributed by atoms with Crippen LogP contribution in [0.3, 0.4) is 0 Å². The SMILES string of the molecule is CCOC(=O)CCC/C=C/CC(NCCC(O)C1CCCC1)C(=O)OCC. The molecule has 6 heteroatoms. The second-order valence-electron chi connectivity index (χ2n) is 7.06. The van der Waals surface area contributed by atoms with E-state index in [2.05, 4.69) is 5.32 Å². The van der Waals surface area contributed by atoms with Crippen LogP contribution in [0.5, 0.6) is 0 Å². The highest BCUT2D eigenvalue weighted by molar-refractivity contribution is 5.76. The van der Waals surface area contributed by atoms with E-state index >= 15 is 0 Å². The van der Waals surface area contributed by atoms with Crippen molar-refractivity contribution in [3.05, 3.63) is 12.2 Å². The Labute approximate surface area is 163 Å². The number of esters is 2. The van der Waals surface area contributed by atoms with Crippen molar-refractivity contribution in [2.45, 2.75) is 83.8 Å². The molecular formula is C21H37NO5. The van der Waals surface area contributed by atoms with Crippen molar-refractivity contribution < 1.29 is 24.2 Å². The number of carbonyl (C=O) groups is 2. The van der Waals surface area contributed by atoms with E-state index in [1.807, 2.05) is 12.2 Å². The van der Waals surface area contributed by atoms with Crippen molar-refractivity contribution in [3.63, 3.8) is 0 Å². The fourth-order valence-electron chi connectivity index (χ4n) is 3.44. The Hall–Kier alpha value is -1.40. The molecular weight excluding hydrogens is 346 g/mol. The van der Waals surface area contributed by atoms with Crippen molar-refractivity contribution in [1.82, 2.24) is 5.32 Å². The molecule has 1 saturated carbocycles. The molecule has 1 aliphatic carbocycles. The maximum atomic E-state index is 12.1. The van der Waals surface area contributed by atoms with Crippen molar-refractivity contribution in [3.8, 4) is 0 Å². The minimum atomic E-state index is -0.401. The van der Waals surface area contributed by atoms with E-state index in [0.717, 1.165) is 25.7 Å². The average Bonchev–Trinajstić information content (AvgIpc) is 3.18. The van der Waals surface area contributed by atoms with Gasteiger partial charge >= 0.3 is 11.9 Å². The molecule has 27 heavy (non-hydrogen) atoms. The first-order valence-corrected chi connectivity index (χ1v) is 10.5. The summed E-state index contributed by atoms with van der Waals surface area (Å²) >= 11 is 0. The van der Waals surface area contributed by atoms with Gasteiger partial charge in [0.05, 0.1) is 19.3 Å². The molecule has 0 amide bonds. The topological polar surface area (TPSA) is 84.9 Å². The standard InChI is InChI=1S/C21H37NO5/c1-3-26-20(24)14-8-6-5-7-13-18(21(25)27-4-2)22-16-15-19(23)17-11-9-10-12-17/h5,7,17-19,22-23H,3-4,6,8-16H2,1-2H3/b7-5+. The van der Waals surface area contributed by atoms with Gasteiger partial charge in [0.25, 0.3) is 0 Å². The average molecular weight is 384 g/mol. The maximum absolute atomic E-state index is 12.1. The van der Waals surface area contributed by atoms with Crippen LogP contribution >= 0.6 is 0 Å². The molecule has 1 fully saturated rings. The largest absolute Gasteiger partial charge is 0.466 e. The predicted octanol–water partition coefficient (Wildman–Crippen LogP) is 3.13. The zero-order valence-electron chi connectivity index (χ0n) is 17.0. The van der Waals surface area contributed by atoms with Crippen LogP contribution in [0.25, 0.3) is 0 Å². The monoisotopic (exact) mass is 383 g/mol. The molecule has 1 aliphatic rings. The molecule has 6 nitrogen and oxygen atoms in total. The molecule has 0 bridgehead atoms. The van der Waals surface area contributed by atoms with Gasteiger partial charge in [0, 0.05) is 6.42 Å². The molecule has 0 aromatic carbocycles. The zero-order chi connectivity index (χ0) is 19.9. The predicted molar refractivity (Wildman–Crippen MR) is 105 cm³/mol. The number of unbranched alkanes of at least 4 members (excludes halogenated alkanes) is 1. The molecule has 156 valence electrons. The lowest BCUT2D eigenvalue weighted by Crippen LogP contribution is -2.39. The van der Waals surface area contributed by atoms with E-state index in [9.17, 15) is 14.7 Å². The molecule has 0 aromatic rings. The number of aliphatic hydroxyl groups excluding tert-OH is 1. The number of ether oxygens (including phenoxy) is 2. The number of allylic oxidation sites excluding steroid dienone is 1. The molecule has 1 rings (SSSR count). The molecule has 0 aromatic heterocycles. The highest BCUT2D eigenvalue weighted by Crippen LogP contribution is 2.28. The second-order valence-corrected chi connectivity index (χ2v) is 7.06. The molecule has 0 radical (unpaired) electrons. The van der Waals surface area contributed by atoms with Gasteiger partial charge in [-0.2, -0.15) is 0 Å². The normalized spacial score (nSPS) is 17.1. The van der Waals surface area contributed by atoms with E-state index in [1.54, 1.807) is 13.8 Å². The summed E-state index contributed by atoms with van der Waals surface area (Å²) in [5.41, 5.74) is 0. The molecule has 2 N–H and O–H groups in total. The molecule has 2 atom stereocenters. The van der Waals surface area contributed by atoms with Crippen LogP contribution in [0, 0.1) is 5.92 Å². The highest BCUT2D eigenvalue weighted by Gasteiger charge is 2.24. The van der Waals surface area contributed by atoms with Gasteiger partial charge in [-0.15, -0.1) is 0 Å². The van der Waals surface area contributed by atoms with Gasteiger partial charge in [-0.25, -0.2) is 0 Å². The summed E-state index contributed by atoms with van der Waals surface area (Å²) in [5, 5.41) is 13.5. The Morgan fingerprint density at radius 2 is 1.85 bits per heavy atom. The van der Waals surface area contributed by atoms with Gasteiger partial charge < -0.3 is 19.9 Å². The van der Waals surface area contributed by atoms with Gasteiger partial charge in [-0.3, -0.25) is 9.59 Å². The number of rotatable bonds is 14. The first kappa shape index (κ1) is 23.6. The van der Waals surface area contributed by atoms with E-state index in [-0.39, 0.29) is 18.0 Å². The van der Waals surface area contributed by atoms with E-state index in [4.69, 9.17) is 9.47 Å². The van der Waals surface area contributed by atoms with Crippen molar-refractivity contribution in [1.29, 1.82) is 0 Å². The lowest BCUT2D eigenvalue weighted by Gasteiger charge is -2.20. The van der Waals surface area contributed by atoms with Crippen LogP contribution in [0.2, 0.25) is 0 Å². The Bertz CT molecular complexity index is 446. The summed E-state index contributed by atoms with van der Waals surface area (Å²) in [6.07, 6.45) is 11.4. The summed E-state index contributed by atoms with van der Waals surface area (Å²) in [4.78, 5) is 23.4. The number of nitrogens with one attached hydrogen (secondary N) is 1. The van der Waals surface area contributed by atoms with E-state index in [1.165, 1.54) is 12.8 Å². The first-order valence-electron chi connectivity index (χ1n) is 10.5. The third kappa shape index (κ3) is 10.5. The number of hydrogen-bond donors (Lipinski definition) is 2. The van der Waals surface area contributed by atoms with Gasteiger partial charge in [0.1, 0.15) is 6.04 Å². The van der Waals surface area contributed by atoms with Gasteiger partial charge in [0.15, 0.2) is 0 Å². The summed E-state index contributed by atoms with van der Waals surface area (Å²) in [6.45, 7) is 4.96. The minimum Gasteiger partial charge on any atom is -0.466 e. The fraction of sp³-hybridized carbons (Fsp3) is 0.810. The van der Waals surface area contributed by atoms with Crippen LogP contribution in [-0.2, 0) is 19.1 Å². The van der Waals surface area contributed by atoms with Crippen LogP contribution in [0.4, 0.5) is 0 Å². The van der Waals surface area contributed by atoms with Crippen molar-refractivity contribution >= 4 is 11.9 Å². The third-order valence-electron chi connectivity index (χ3n) is 4.94. The maximum Gasteiger partial charge on any atom is 0.323 e. The minimum absolute atomic E-state index is 0.169. The van der Waals surface area contributed by atoms with Crippen LogP contribution in [-0.4, -0.2) is 48.9 Å². The van der Waals surface area contributed by atoms with Gasteiger partial charge in [0.2, 0.25) is 0 Å². The number of carbonyl (C=O) groups excluding carboxylic acids is 2. The molecule has 0 aliphatic heterocycles. The Balaban J connectivity index is 2.30. The summed E-state index contributed by atoms with van der Waals surface area (Å²) < 4.78 is 10.0. The Morgan fingerprint density at radius 1 is 1.15 bits per heavy atom. The van der Waals surface area contributed by atoms with Crippen LogP contribution in [0.1, 0.15) is 71.6 Å². The lowest BCUT2D eigenvalue weighted by molar-refractivity contribution is -0.145. The lowest BCUT2D eigenvalue weighted by atomic mass is 9.98. The Morgan fingerprint density at radius 3 is 2.52 bits per heavy atom. The Kier molecular flexibility index (Phi) is 12.8. The quantitative estimate of drug-likeness (QED) is 0.272. The number of aliphatic hydroxyl groups is 1. The van der Waals surface area contributed by atoms with Crippen molar-refractivity contribution in [2.75, 3.05) is 19.8 Å². The van der Waals surface area contributed by atoms with E-state index in [0.29, 0.717) is 44.9 Å². The molecule has 0 saturated heterocycles. The van der Waals surface area contributed by atoms with Crippen LogP contribution in [0.15, 0.2) is 12.2 Å². The molecule has 0 spiro atoms. The second kappa shape index (κ2) is 14.6. The van der Waals surface area contributed by atoms with E-state index < -0.39 is 6.04 Å². The highest BCUT2D eigenvalue weighted by atomic mass is 16.5. The molecule has 0 heterocycles. The summed E-state index contributed by atoms with van der Waals surface area (Å²) in [6, 6.07) is -0.401. The van der Waals surface area contributed by atoms with Gasteiger partial charge in [-0.05, 0) is 64.8 Å². The number of hydrogen-bond acceptors (Lipinski definition) is 6. The summed E-state index contributed by atoms with van der Waals surface area (Å²) in [5.74, 6) is -0.0195. The van der Waals surface area contributed by atoms with Crippen LogP contribution < -0.4 is 5.32 Å². The first-order chi connectivity index (χ1) is 13.1. The summed E-state index contributed by atoms with van der Waals surface area (Å²) in [7, 11) is 0. The smallest absolute Gasteiger partial charge is 0.323 e. The fourth-order valence-corrected chi connectivity index (χ4v) is 3.44. The van der Waals surface area contributed by atoms with Crippen molar-refractivity contribution in [2.24, 2.45) is 5.92 Å². The third-order valence-corrected chi connectivity index (χ3v) is 4.94. The zero-order valence-corrected chi connectivity index (χ0v) is 17.0.